The van der Waals surface area contributed by atoms with Crippen LogP contribution in [0.1, 0.15) is 40.0 Å². The lowest BCUT2D eigenvalue weighted by atomic mass is 9.79. The van der Waals surface area contributed by atoms with E-state index in [9.17, 15) is 0 Å². The second-order valence-electron chi connectivity index (χ2n) is 5.57. The van der Waals surface area contributed by atoms with E-state index in [1.165, 1.54) is 24.9 Å². The number of anilines is 2. The highest BCUT2D eigenvalue weighted by Crippen LogP contribution is 2.31. The lowest BCUT2D eigenvalue weighted by molar-refractivity contribution is 0.261. The number of pyridine rings is 1. The van der Waals surface area contributed by atoms with Gasteiger partial charge in [0.15, 0.2) is 0 Å². The Kier molecular flexibility index (Phi) is 4.45. The lowest BCUT2D eigenvalue weighted by Gasteiger charge is -2.33. The van der Waals surface area contributed by atoms with Crippen molar-refractivity contribution in [2.75, 3.05) is 17.2 Å². The van der Waals surface area contributed by atoms with E-state index in [-0.39, 0.29) is 0 Å². The van der Waals surface area contributed by atoms with Gasteiger partial charge in [-0.2, -0.15) is 0 Å². The Morgan fingerprint density at radius 2 is 2.11 bits per heavy atom. The molecule has 1 aliphatic carbocycles. The second-order valence-corrected chi connectivity index (χ2v) is 5.57. The van der Waals surface area contributed by atoms with Gasteiger partial charge in [0.25, 0.3) is 0 Å². The Morgan fingerprint density at radius 1 is 1.28 bits per heavy atom. The Hall–Kier alpha value is -1.25. The lowest BCUT2D eigenvalue weighted by Crippen LogP contribution is -2.30. The van der Waals surface area contributed by atoms with Crippen molar-refractivity contribution in [3.8, 4) is 0 Å². The smallest absolute Gasteiger partial charge is 0.127 e. The summed E-state index contributed by atoms with van der Waals surface area (Å²) in [5.41, 5.74) is 1.19. The van der Waals surface area contributed by atoms with Crippen molar-refractivity contribution >= 4 is 11.5 Å². The third kappa shape index (κ3) is 3.37. The van der Waals surface area contributed by atoms with Gasteiger partial charge in [0.1, 0.15) is 5.82 Å². The fourth-order valence-corrected chi connectivity index (χ4v) is 2.71. The van der Waals surface area contributed by atoms with Crippen LogP contribution in [0.15, 0.2) is 18.3 Å². The molecule has 0 radical (unpaired) electrons. The molecule has 3 atom stereocenters. The van der Waals surface area contributed by atoms with Gasteiger partial charge in [0.2, 0.25) is 0 Å². The van der Waals surface area contributed by atoms with Gasteiger partial charge >= 0.3 is 0 Å². The van der Waals surface area contributed by atoms with Crippen LogP contribution >= 0.6 is 0 Å². The molecular weight excluding hydrogens is 222 g/mol. The molecule has 1 saturated carbocycles. The van der Waals surface area contributed by atoms with Gasteiger partial charge in [0, 0.05) is 30.5 Å². The molecule has 3 unspecified atom stereocenters. The van der Waals surface area contributed by atoms with Crippen LogP contribution in [-0.4, -0.2) is 17.6 Å². The average molecular weight is 247 g/mol. The highest BCUT2D eigenvalue weighted by molar-refractivity contribution is 5.52. The molecule has 3 heteroatoms. The van der Waals surface area contributed by atoms with Crippen LogP contribution in [0, 0.1) is 11.8 Å². The molecule has 0 spiro atoms. The van der Waals surface area contributed by atoms with E-state index in [0.717, 1.165) is 24.2 Å². The molecule has 0 aromatic carbocycles. The minimum Gasteiger partial charge on any atom is -0.382 e. The summed E-state index contributed by atoms with van der Waals surface area (Å²) in [7, 11) is 0. The zero-order valence-corrected chi connectivity index (χ0v) is 11.7. The van der Waals surface area contributed by atoms with E-state index in [2.05, 4.69) is 48.5 Å². The van der Waals surface area contributed by atoms with Crippen LogP contribution < -0.4 is 10.6 Å². The fraction of sp³-hybridized carbons (Fsp3) is 0.667. The largest absolute Gasteiger partial charge is 0.382 e. The maximum absolute atomic E-state index is 4.30. The Labute approximate surface area is 110 Å². The zero-order chi connectivity index (χ0) is 13.0. The molecule has 1 fully saturated rings. The first-order valence-electron chi connectivity index (χ1n) is 7.15. The van der Waals surface area contributed by atoms with Crippen molar-refractivity contribution in [2.24, 2.45) is 11.8 Å². The van der Waals surface area contributed by atoms with Crippen molar-refractivity contribution in [3.63, 3.8) is 0 Å². The number of hydrogen-bond donors (Lipinski definition) is 2. The average Bonchev–Trinajstić information content (AvgIpc) is 2.35. The van der Waals surface area contributed by atoms with Gasteiger partial charge in [-0.1, -0.05) is 13.8 Å². The first-order chi connectivity index (χ1) is 8.69. The molecule has 2 N–H and O–H groups in total. The number of aromatic nitrogens is 1. The summed E-state index contributed by atoms with van der Waals surface area (Å²) in [4.78, 5) is 4.30. The molecule has 0 amide bonds. The Balaban J connectivity index is 1.94. The second kappa shape index (κ2) is 6.07. The minimum absolute atomic E-state index is 0.619. The summed E-state index contributed by atoms with van der Waals surface area (Å²) < 4.78 is 0. The summed E-state index contributed by atoms with van der Waals surface area (Å²) >= 11 is 0. The van der Waals surface area contributed by atoms with E-state index in [1.807, 2.05) is 6.20 Å². The van der Waals surface area contributed by atoms with Crippen LogP contribution in [0.5, 0.6) is 0 Å². The molecule has 3 nitrogen and oxygen atoms in total. The molecule has 1 aliphatic rings. The Bertz CT molecular complexity index is 378. The Morgan fingerprint density at radius 3 is 2.83 bits per heavy atom. The predicted molar refractivity (Wildman–Crippen MR) is 78.0 cm³/mol. The van der Waals surface area contributed by atoms with Crippen LogP contribution in [0.3, 0.4) is 0 Å². The maximum atomic E-state index is 4.30. The summed E-state index contributed by atoms with van der Waals surface area (Å²) in [6.07, 6.45) is 5.77. The van der Waals surface area contributed by atoms with E-state index in [4.69, 9.17) is 0 Å². The van der Waals surface area contributed by atoms with Crippen molar-refractivity contribution in [2.45, 2.75) is 46.1 Å². The van der Waals surface area contributed by atoms with Crippen LogP contribution in [-0.2, 0) is 0 Å². The summed E-state index contributed by atoms with van der Waals surface area (Å²) in [6, 6.07) is 4.78. The van der Waals surface area contributed by atoms with Crippen molar-refractivity contribution < 1.29 is 0 Å². The quantitative estimate of drug-likeness (QED) is 0.851. The molecule has 100 valence electrons. The van der Waals surface area contributed by atoms with E-state index >= 15 is 0 Å². The summed E-state index contributed by atoms with van der Waals surface area (Å²) in [5, 5.41) is 6.90. The van der Waals surface area contributed by atoms with Gasteiger partial charge in [0.05, 0.1) is 0 Å². The number of nitrogens with zero attached hydrogens (tertiary/aromatic N) is 1. The molecule has 0 saturated heterocycles. The number of hydrogen-bond acceptors (Lipinski definition) is 3. The monoisotopic (exact) mass is 247 g/mol. The predicted octanol–water partition coefficient (Wildman–Crippen LogP) is 3.75. The van der Waals surface area contributed by atoms with E-state index in [1.54, 1.807) is 0 Å². The topological polar surface area (TPSA) is 37.0 Å². The first-order valence-corrected chi connectivity index (χ1v) is 7.15. The molecule has 1 aromatic heterocycles. The highest BCUT2D eigenvalue weighted by Gasteiger charge is 2.24. The third-order valence-corrected chi connectivity index (χ3v) is 4.09. The zero-order valence-electron chi connectivity index (χ0n) is 11.7. The minimum atomic E-state index is 0.619. The molecule has 0 bridgehead atoms. The van der Waals surface area contributed by atoms with Crippen LogP contribution in [0.25, 0.3) is 0 Å². The standard InChI is InChI=1S/C15H25N3/c1-4-16-15-10-14(7-8-17-15)18-13-6-5-11(2)12(3)9-13/h7-8,10-13H,4-6,9H2,1-3H3,(H2,16,17,18). The summed E-state index contributed by atoms with van der Waals surface area (Å²) in [6.45, 7) is 7.74. The normalized spacial score (nSPS) is 27.8. The maximum Gasteiger partial charge on any atom is 0.127 e. The van der Waals surface area contributed by atoms with Gasteiger partial charge < -0.3 is 10.6 Å². The number of rotatable bonds is 4. The van der Waals surface area contributed by atoms with Gasteiger partial charge in [-0.15, -0.1) is 0 Å². The molecule has 18 heavy (non-hydrogen) atoms. The van der Waals surface area contributed by atoms with Crippen LogP contribution in [0.2, 0.25) is 0 Å². The van der Waals surface area contributed by atoms with Crippen molar-refractivity contribution in [1.82, 2.24) is 4.98 Å². The molecule has 1 heterocycles. The third-order valence-electron chi connectivity index (χ3n) is 4.09. The van der Waals surface area contributed by atoms with Crippen molar-refractivity contribution in [3.05, 3.63) is 18.3 Å². The first kappa shape index (κ1) is 13.2. The van der Waals surface area contributed by atoms with Gasteiger partial charge in [-0.3, -0.25) is 0 Å². The summed E-state index contributed by atoms with van der Waals surface area (Å²) in [5.74, 6) is 2.66. The fourth-order valence-electron chi connectivity index (χ4n) is 2.71. The molecule has 1 aromatic rings. The SMILES string of the molecule is CCNc1cc(NC2CCC(C)C(C)C2)ccn1. The molecule has 0 aliphatic heterocycles. The van der Waals surface area contributed by atoms with Gasteiger partial charge in [-0.05, 0) is 44.1 Å². The molecular formula is C15H25N3. The van der Waals surface area contributed by atoms with E-state index < -0.39 is 0 Å². The van der Waals surface area contributed by atoms with Gasteiger partial charge in [-0.25, -0.2) is 4.98 Å². The molecule has 2 rings (SSSR count). The van der Waals surface area contributed by atoms with Crippen LogP contribution in [0.4, 0.5) is 11.5 Å². The van der Waals surface area contributed by atoms with E-state index in [0.29, 0.717) is 6.04 Å². The van der Waals surface area contributed by atoms with Crippen molar-refractivity contribution in [1.29, 1.82) is 0 Å². The highest BCUT2D eigenvalue weighted by atomic mass is 15.0. The number of nitrogens with one attached hydrogen (secondary N) is 2.